The molecular formula is C13H16N4O. The highest BCUT2D eigenvalue weighted by Gasteiger charge is 2.30. The van der Waals surface area contributed by atoms with Crippen molar-refractivity contribution in [2.45, 2.75) is 32.7 Å². The molecule has 0 aliphatic heterocycles. The van der Waals surface area contributed by atoms with Gasteiger partial charge in [-0.15, -0.1) is 0 Å². The highest BCUT2D eigenvalue weighted by molar-refractivity contribution is 6.01. The van der Waals surface area contributed by atoms with Crippen molar-refractivity contribution in [3.8, 4) is 0 Å². The van der Waals surface area contributed by atoms with Crippen LogP contribution in [0.15, 0.2) is 18.5 Å². The van der Waals surface area contributed by atoms with Gasteiger partial charge in [0.1, 0.15) is 5.56 Å². The number of rotatable bonds is 3. The van der Waals surface area contributed by atoms with Crippen molar-refractivity contribution < 1.29 is 4.79 Å². The van der Waals surface area contributed by atoms with Crippen molar-refractivity contribution in [2.75, 3.05) is 0 Å². The summed E-state index contributed by atoms with van der Waals surface area (Å²) in [6.07, 6.45) is 5.91. The fraction of sp³-hybridized carbons (Fsp3) is 0.462. The molecule has 18 heavy (non-hydrogen) atoms. The molecule has 1 amide bonds. The minimum atomic E-state index is -0.0689. The van der Waals surface area contributed by atoms with E-state index < -0.39 is 0 Å². The number of fused-ring (bicyclic) bond motifs is 1. The van der Waals surface area contributed by atoms with E-state index in [0.29, 0.717) is 22.8 Å². The molecule has 0 spiro atoms. The van der Waals surface area contributed by atoms with Crippen LogP contribution < -0.4 is 5.32 Å². The highest BCUT2D eigenvalue weighted by atomic mass is 16.1. The largest absolute Gasteiger partial charge is 0.349 e. The van der Waals surface area contributed by atoms with E-state index in [1.54, 1.807) is 23.0 Å². The monoisotopic (exact) mass is 244 g/mol. The van der Waals surface area contributed by atoms with Crippen LogP contribution in [0.4, 0.5) is 0 Å². The van der Waals surface area contributed by atoms with Crippen molar-refractivity contribution >= 4 is 11.6 Å². The van der Waals surface area contributed by atoms with Crippen LogP contribution in [0.25, 0.3) is 5.65 Å². The number of amides is 1. The van der Waals surface area contributed by atoms with E-state index in [1.807, 2.05) is 6.92 Å². The van der Waals surface area contributed by atoms with Gasteiger partial charge in [0.15, 0.2) is 5.65 Å². The Hall–Kier alpha value is -1.91. The Balaban J connectivity index is 1.92. The summed E-state index contributed by atoms with van der Waals surface area (Å²) < 4.78 is 1.64. The fourth-order valence-corrected chi connectivity index (χ4v) is 2.26. The van der Waals surface area contributed by atoms with Crippen LogP contribution in [0, 0.1) is 12.8 Å². The predicted octanol–water partition coefficient (Wildman–Crippen LogP) is 1.57. The van der Waals surface area contributed by atoms with Crippen molar-refractivity contribution in [3.63, 3.8) is 0 Å². The van der Waals surface area contributed by atoms with Gasteiger partial charge in [0.2, 0.25) is 0 Å². The van der Waals surface area contributed by atoms with E-state index in [0.717, 1.165) is 0 Å². The van der Waals surface area contributed by atoms with Gasteiger partial charge in [0.05, 0.1) is 5.69 Å². The normalized spacial score (nSPS) is 16.8. The Morgan fingerprint density at radius 2 is 2.33 bits per heavy atom. The van der Waals surface area contributed by atoms with Gasteiger partial charge in [-0.25, -0.2) is 9.50 Å². The van der Waals surface area contributed by atoms with Crippen molar-refractivity contribution in [3.05, 3.63) is 29.7 Å². The predicted molar refractivity (Wildman–Crippen MR) is 67.4 cm³/mol. The first-order valence-electron chi connectivity index (χ1n) is 6.27. The Labute approximate surface area is 105 Å². The Morgan fingerprint density at radius 3 is 3.06 bits per heavy atom. The highest BCUT2D eigenvalue weighted by Crippen LogP contribution is 2.32. The Kier molecular flexibility index (Phi) is 2.54. The molecule has 2 heterocycles. The third-order valence-electron chi connectivity index (χ3n) is 3.49. The molecule has 2 aromatic heterocycles. The van der Waals surface area contributed by atoms with Crippen LogP contribution in [-0.4, -0.2) is 26.5 Å². The molecule has 3 rings (SSSR count). The molecule has 1 aliphatic carbocycles. The lowest BCUT2D eigenvalue weighted by molar-refractivity contribution is 0.0936. The third kappa shape index (κ3) is 1.85. The second-order valence-corrected chi connectivity index (χ2v) is 4.95. The van der Waals surface area contributed by atoms with Gasteiger partial charge < -0.3 is 5.32 Å². The quantitative estimate of drug-likeness (QED) is 0.891. The number of carbonyl (C=O) groups is 1. The van der Waals surface area contributed by atoms with Gasteiger partial charge in [0, 0.05) is 18.4 Å². The smallest absolute Gasteiger partial charge is 0.257 e. The van der Waals surface area contributed by atoms with Crippen LogP contribution in [0.5, 0.6) is 0 Å². The van der Waals surface area contributed by atoms with Gasteiger partial charge in [0.25, 0.3) is 5.91 Å². The summed E-state index contributed by atoms with van der Waals surface area (Å²) in [6, 6.07) is 2.03. The zero-order valence-corrected chi connectivity index (χ0v) is 10.6. The molecule has 5 nitrogen and oxygen atoms in total. The van der Waals surface area contributed by atoms with E-state index in [9.17, 15) is 4.79 Å². The number of hydrogen-bond acceptors (Lipinski definition) is 3. The van der Waals surface area contributed by atoms with Crippen molar-refractivity contribution in [1.29, 1.82) is 0 Å². The first-order valence-corrected chi connectivity index (χ1v) is 6.27. The molecule has 0 bridgehead atoms. The summed E-state index contributed by atoms with van der Waals surface area (Å²) in [6.45, 7) is 3.90. The van der Waals surface area contributed by atoms with E-state index in [2.05, 4.69) is 22.3 Å². The summed E-state index contributed by atoms with van der Waals surface area (Å²) in [5.74, 6) is 0.574. The average molecular weight is 244 g/mol. The number of carbonyl (C=O) groups excluding carboxylic acids is 1. The molecule has 2 aromatic rings. The van der Waals surface area contributed by atoms with Crippen LogP contribution in [-0.2, 0) is 0 Å². The molecule has 94 valence electrons. The molecule has 5 heteroatoms. The summed E-state index contributed by atoms with van der Waals surface area (Å²) in [4.78, 5) is 16.5. The second-order valence-electron chi connectivity index (χ2n) is 4.95. The topological polar surface area (TPSA) is 59.3 Å². The summed E-state index contributed by atoms with van der Waals surface area (Å²) in [5.41, 5.74) is 1.92. The van der Waals surface area contributed by atoms with Gasteiger partial charge in [-0.1, -0.05) is 0 Å². The Bertz CT molecular complexity index is 600. The number of aryl methyl sites for hydroxylation is 1. The fourth-order valence-electron chi connectivity index (χ4n) is 2.26. The lowest BCUT2D eigenvalue weighted by Gasteiger charge is -2.12. The molecule has 1 unspecified atom stereocenters. The average Bonchev–Trinajstić information content (AvgIpc) is 3.11. The molecule has 0 radical (unpaired) electrons. The van der Waals surface area contributed by atoms with E-state index in [-0.39, 0.29) is 11.9 Å². The number of hydrogen-bond donors (Lipinski definition) is 1. The maximum atomic E-state index is 12.3. The lowest BCUT2D eigenvalue weighted by atomic mass is 10.2. The molecular weight excluding hydrogens is 228 g/mol. The van der Waals surface area contributed by atoms with Gasteiger partial charge in [-0.2, -0.15) is 5.10 Å². The number of aromatic nitrogens is 3. The van der Waals surface area contributed by atoms with Crippen LogP contribution in [0.3, 0.4) is 0 Å². The number of nitrogens with zero attached hydrogens (tertiary/aromatic N) is 3. The first kappa shape index (κ1) is 11.2. The van der Waals surface area contributed by atoms with Gasteiger partial charge in [-0.3, -0.25) is 4.79 Å². The third-order valence-corrected chi connectivity index (χ3v) is 3.49. The van der Waals surface area contributed by atoms with Crippen molar-refractivity contribution in [2.24, 2.45) is 5.92 Å². The standard InChI is InChI=1S/C13H16N4O/c1-8(10-4-5-10)15-13(18)11-9(2)16-17-7-3-6-14-12(11)17/h3,6-8,10H,4-5H2,1-2H3,(H,15,18). The zero-order valence-electron chi connectivity index (χ0n) is 10.6. The molecule has 1 saturated carbocycles. The Morgan fingerprint density at radius 1 is 1.56 bits per heavy atom. The molecule has 0 saturated heterocycles. The molecule has 1 atom stereocenters. The molecule has 1 fully saturated rings. The SMILES string of the molecule is Cc1nn2cccnc2c1C(=O)NC(C)C1CC1. The van der Waals surface area contributed by atoms with E-state index in [1.165, 1.54) is 12.8 Å². The van der Waals surface area contributed by atoms with E-state index >= 15 is 0 Å². The number of nitrogens with one attached hydrogen (secondary N) is 1. The summed E-state index contributed by atoms with van der Waals surface area (Å²) in [7, 11) is 0. The minimum Gasteiger partial charge on any atom is -0.349 e. The minimum absolute atomic E-state index is 0.0689. The summed E-state index contributed by atoms with van der Waals surface area (Å²) >= 11 is 0. The van der Waals surface area contributed by atoms with Crippen molar-refractivity contribution in [1.82, 2.24) is 19.9 Å². The van der Waals surface area contributed by atoms with Crippen LogP contribution >= 0.6 is 0 Å². The lowest BCUT2D eigenvalue weighted by Crippen LogP contribution is -2.34. The van der Waals surface area contributed by atoms with Crippen LogP contribution in [0.2, 0.25) is 0 Å². The van der Waals surface area contributed by atoms with Crippen LogP contribution in [0.1, 0.15) is 35.8 Å². The van der Waals surface area contributed by atoms with E-state index in [4.69, 9.17) is 0 Å². The zero-order chi connectivity index (χ0) is 12.7. The first-order chi connectivity index (χ1) is 8.66. The van der Waals surface area contributed by atoms with Gasteiger partial charge >= 0.3 is 0 Å². The second kappa shape index (κ2) is 4.08. The maximum Gasteiger partial charge on any atom is 0.257 e. The molecule has 1 aliphatic rings. The maximum absolute atomic E-state index is 12.3. The summed E-state index contributed by atoms with van der Waals surface area (Å²) in [5, 5.41) is 7.34. The molecule has 1 N–H and O–H groups in total. The molecule has 0 aromatic carbocycles. The van der Waals surface area contributed by atoms with Gasteiger partial charge in [-0.05, 0) is 38.7 Å².